The van der Waals surface area contributed by atoms with Gasteiger partial charge in [0.05, 0.1) is 18.5 Å². The summed E-state index contributed by atoms with van der Waals surface area (Å²) < 4.78 is 11.9. The van der Waals surface area contributed by atoms with Crippen LogP contribution in [0.2, 0.25) is 0 Å². The van der Waals surface area contributed by atoms with Gasteiger partial charge in [0, 0.05) is 23.4 Å². The molecule has 1 heterocycles. The smallest absolute Gasteiger partial charge is 0.331 e. The number of hydrogen-bond acceptors (Lipinski definition) is 5. The van der Waals surface area contributed by atoms with Gasteiger partial charge in [0.2, 0.25) is 0 Å². The molecule has 0 fully saturated rings. The molecule has 29 heavy (non-hydrogen) atoms. The fourth-order valence-corrected chi connectivity index (χ4v) is 2.62. The Hall–Kier alpha value is -3.87. The van der Waals surface area contributed by atoms with Crippen molar-refractivity contribution in [3.05, 3.63) is 72.4 Å². The van der Waals surface area contributed by atoms with Gasteiger partial charge >= 0.3 is 5.97 Å². The lowest BCUT2D eigenvalue weighted by Crippen LogP contribution is -2.29. The first-order valence-corrected chi connectivity index (χ1v) is 8.95. The van der Waals surface area contributed by atoms with Crippen molar-refractivity contribution < 1.29 is 19.1 Å². The van der Waals surface area contributed by atoms with Crippen LogP contribution in [0, 0.1) is 0 Å². The van der Waals surface area contributed by atoms with Crippen molar-refractivity contribution in [2.45, 2.75) is 13.0 Å². The standard InChI is InChI=1S/C22H21N3O4/c1-15(22(23)27)29-20(26)13-10-17-14-25(18-6-4-3-5-7-18)24-21(17)16-8-11-19(28-2)12-9-16/h3-15H,1-2H3,(H2,23,27)/b13-10+/t15-/m0/s1. The van der Waals surface area contributed by atoms with E-state index in [2.05, 4.69) is 5.10 Å². The summed E-state index contributed by atoms with van der Waals surface area (Å²) in [5, 5.41) is 4.67. The second kappa shape index (κ2) is 8.88. The number of amides is 1. The number of aromatic nitrogens is 2. The lowest BCUT2D eigenvalue weighted by atomic mass is 10.1. The number of methoxy groups -OCH3 is 1. The first kappa shape index (κ1) is 19.9. The summed E-state index contributed by atoms with van der Waals surface area (Å²) in [6, 6.07) is 17.1. The van der Waals surface area contributed by atoms with E-state index in [0.29, 0.717) is 11.3 Å². The fraction of sp³-hybridized carbons (Fsp3) is 0.136. The summed E-state index contributed by atoms with van der Waals surface area (Å²) >= 11 is 0. The number of rotatable bonds is 7. The zero-order valence-corrected chi connectivity index (χ0v) is 16.1. The highest BCUT2D eigenvalue weighted by Gasteiger charge is 2.14. The van der Waals surface area contributed by atoms with Crippen molar-refractivity contribution in [3.63, 3.8) is 0 Å². The number of nitrogens with zero attached hydrogens (tertiary/aromatic N) is 2. The Morgan fingerprint density at radius 1 is 1.10 bits per heavy atom. The average Bonchev–Trinajstić information content (AvgIpc) is 3.17. The maximum atomic E-state index is 12.0. The first-order valence-electron chi connectivity index (χ1n) is 8.95. The molecule has 3 aromatic rings. The lowest BCUT2D eigenvalue weighted by Gasteiger charge is -2.06. The Kier molecular flexibility index (Phi) is 6.09. The predicted molar refractivity (Wildman–Crippen MR) is 109 cm³/mol. The van der Waals surface area contributed by atoms with Gasteiger partial charge in [-0.05, 0) is 49.4 Å². The monoisotopic (exact) mass is 391 g/mol. The van der Waals surface area contributed by atoms with Gasteiger partial charge in [0.1, 0.15) is 5.75 Å². The van der Waals surface area contributed by atoms with Crippen LogP contribution in [0.15, 0.2) is 66.9 Å². The van der Waals surface area contributed by atoms with Crippen LogP contribution in [-0.2, 0) is 14.3 Å². The van der Waals surface area contributed by atoms with Gasteiger partial charge in [-0.2, -0.15) is 5.10 Å². The maximum absolute atomic E-state index is 12.0. The molecule has 148 valence electrons. The van der Waals surface area contributed by atoms with Crippen LogP contribution in [-0.4, -0.2) is 34.9 Å². The number of ether oxygens (including phenoxy) is 2. The molecular weight excluding hydrogens is 370 g/mol. The van der Waals surface area contributed by atoms with Gasteiger partial charge in [0.15, 0.2) is 6.10 Å². The van der Waals surface area contributed by atoms with E-state index in [1.54, 1.807) is 17.9 Å². The lowest BCUT2D eigenvalue weighted by molar-refractivity contribution is -0.148. The van der Waals surface area contributed by atoms with Crippen LogP contribution in [0.1, 0.15) is 12.5 Å². The number of hydrogen-bond donors (Lipinski definition) is 1. The highest BCUT2D eigenvalue weighted by Crippen LogP contribution is 2.26. The molecule has 3 rings (SSSR count). The number of carbonyl (C=O) groups is 2. The SMILES string of the molecule is COc1ccc(-c2nn(-c3ccccc3)cc2/C=C/C(=O)O[C@@H](C)C(N)=O)cc1. The summed E-state index contributed by atoms with van der Waals surface area (Å²) in [5.74, 6) is -0.635. The number of esters is 1. The molecule has 0 saturated carbocycles. The third kappa shape index (κ3) is 4.90. The van der Waals surface area contributed by atoms with Crippen molar-refractivity contribution >= 4 is 18.0 Å². The molecule has 2 N–H and O–H groups in total. The molecule has 0 bridgehead atoms. The normalized spacial score (nSPS) is 11.9. The van der Waals surface area contributed by atoms with E-state index in [1.165, 1.54) is 13.0 Å². The van der Waals surface area contributed by atoms with E-state index in [4.69, 9.17) is 15.2 Å². The van der Waals surface area contributed by atoms with Gasteiger partial charge in [-0.25, -0.2) is 9.48 Å². The van der Waals surface area contributed by atoms with Gasteiger partial charge in [-0.1, -0.05) is 18.2 Å². The van der Waals surface area contributed by atoms with Crippen LogP contribution in [0.25, 0.3) is 23.0 Å². The minimum Gasteiger partial charge on any atom is -0.497 e. The fourth-order valence-electron chi connectivity index (χ4n) is 2.62. The Morgan fingerprint density at radius 3 is 2.41 bits per heavy atom. The van der Waals surface area contributed by atoms with Crippen molar-refractivity contribution in [2.24, 2.45) is 5.73 Å². The largest absolute Gasteiger partial charge is 0.497 e. The summed E-state index contributed by atoms with van der Waals surface area (Å²) in [7, 11) is 1.60. The molecule has 0 saturated heterocycles. The molecule has 0 radical (unpaired) electrons. The van der Waals surface area contributed by atoms with E-state index in [0.717, 1.165) is 17.0 Å². The molecule has 2 aromatic carbocycles. The Labute approximate surface area is 168 Å². The summed E-state index contributed by atoms with van der Waals surface area (Å²) in [5.41, 5.74) is 8.26. The number of para-hydroxylation sites is 1. The van der Waals surface area contributed by atoms with Crippen LogP contribution in [0.3, 0.4) is 0 Å². The molecule has 0 spiro atoms. The number of benzene rings is 2. The van der Waals surface area contributed by atoms with Gasteiger partial charge in [0.25, 0.3) is 5.91 Å². The Bertz CT molecular complexity index is 1020. The second-order valence-corrected chi connectivity index (χ2v) is 6.26. The third-order valence-corrected chi connectivity index (χ3v) is 4.22. The van der Waals surface area contributed by atoms with Crippen LogP contribution in [0.4, 0.5) is 0 Å². The summed E-state index contributed by atoms with van der Waals surface area (Å²) in [6.07, 6.45) is 3.66. The van der Waals surface area contributed by atoms with E-state index < -0.39 is 18.0 Å². The van der Waals surface area contributed by atoms with Crippen molar-refractivity contribution in [1.82, 2.24) is 9.78 Å². The molecule has 1 atom stereocenters. The molecule has 1 aromatic heterocycles. The van der Waals surface area contributed by atoms with E-state index in [1.807, 2.05) is 60.8 Å². The highest BCUT2D eigenvalue weighted by molar-refractivity contribution is 5.91. The molecule has 0 aliphatic heterocycles. The third-order valence-electron chi connectivity index (χ3n) is 4.22. The molecular formula is C22H21N3O4. The van der Waals surface area contributed by atoms with Crippen LogP contribution >= 0.6 is 0 Å². The van der Waals surface area contributed by atoms with Gasteiger partial charge in [-0.3, -0.25) is 4.79 Å². The zero-order chi connectivity index (χ0) is 20.8. The molecule has 0 aliphatic rings. The number of carbonyl (C=O) groups excluding carboxylic acids is 2. The van der Waals surface area contributed by atoms with E-state index >= 15 is 0 Å². The van der Waals surface area contributed by atoms with Crippen molar-refractivity contribution in [2.75, 3.05) is 7.11 Å². The summed E-state index contributed by atoms with van der Waals surface area (Å²) in [6.45, 7) is 1.42. The first-order chi connectivity index (χ1) is 14.0. The number of nitrogens with two attached hydrogens (primary N) is 1. The minimum absolute atomic E-state index is 0.663. The second-order valence-electron chi connectivity index (χ2n) is 6.26. The topological polar surface area (TPSA) is 96.4 Å². The molecule has 7 heteroatoms. The van der Waals surface area contributed by atoms with Gasteiger partial charge in [-0.15, -0.1) is 0 Å². The predicted octanol–water partition coefficient (Wildman–Crippen LogP) is 2.98. The molecule has 1 amide bonds. The van der Waals surface area contributed by atoms with Crippen molar-refractivity contribution in [3.8, 4) is 22.7 Å². The highest BCUT2D eigenvalue weighted by atomic mass is 16.5. The average molecular weight is 391 g/mol. The van der Waals surface area contributed by atoms with E-state index in [9.17, 15) is 9.59 Å². The molecule has 0 aliphatic carbocycles. The summed E-state index contributed by atoms with van der Waals surface area (Å²) in [4.78, 5) is 23.0. The Balaban J connectivity index is 1.95. The zero-order valence-electron chi connectivity index (χ0n) is 16.1. The van der Waals surface area contributed by atoms with Crippen LogP contribution < -0.4 is 10.5 Å². The van der Waals surface area contributed by atoms with Crippen LogP contribution in [0.5, 0.6) is 5.75 Å². The van der Waals surface area contributed by atoms with Gasteiger partial charge < -0.3 is 15.2 Å². The maximum Gasteiger partial charge on any atom is 0.331 e. The van der Waals surface area contributed by atoms with Crippen molar-refractivity contribution in [1.29, 1.82) is 0 Å². The Morgan fingerprint density at radius 2 is 1.79 bits per heavy atom. The van der Waals surface area contributed by atoms with E-state index in [-0.39, 0.29) is 0 Å². The minimum atomic E-state index is -1.000. The molecule has 0 unspecified atom stereocenters. The molecule has 7 nitrogen and oxygen atoms in total. The quantitative estimate of drug-likeness (QED) is 0.493. The number of primary amides is 1.